The van der Waals surface area contributed by atoms with E-state index in [4.69, 9.17) is 20.9 Å². The molecule has 0 saturated carbocycles. The van der Waals surface area contributed by atoms with Crippen LogP contribution in [0.4, 0.5) is 17.5 Å². The number of methoxy groups -OCH3 is 1. The molecule has 0 bridgehead atoms. The number of carbonyl (C=O) groups is 1. The van der Waals surface area contributed by atoms with E-state index in [0.717, 1.165) is 35.3 Å². The second-order valence-electron chi connectivity index (χ2n) is 7.06. The largest absolute Gasteiger partial charge is 0.478 e. The number of ether oxygens (including phenoxy) is 2. The van der Waals surface area contributed by atoms with Crippen LogP contribution in [0, 0.1) is 0 Å². The quantitative estimate of drug-likeness (QED) is 0.656. The first kappa shape index (κ1) is 20.9. The Labute approximate surface area is 171 Å². The van der Waals surface area contributed by atoms with Crippen LogP contribution in [-0.4, -0.2) is 42.2 Å². The highest BCUT2D eigenvalue weighted by Crippen LogP contribution is 2.40. The van der Waals surface area contributed by atoms with Gasteiger partial charge in [0.2, 0.25) is 5.95 Å². The third-order valence-corrected chi connectivity index (χ3v) is 4.99. The van der Waals surface area contributed by atoms with Crippen molar-refractivity contribution in [3.8, 4) is 16.9 Å². The second-order valence-corrected chi connectivity index (χ2v) is 7.06. The molecule has 0 spiro atoms. The molecule has 1 aromatic heterocycles. The Kier molecular flexibility index (Phi) is 6.53. The van der Waals surface area contributed by atoms with Gasteiger partial charge in [0.1, 0.15) is 11.6 Å². The average Bonchev–Trinajstić information content (AvgIpc) is 2.70. The SMILES string of the molecule is CCCC1Oc2ccc(-c3c(N)nc(N)nc3CC)cc2N(CCCOC)C1=O. The number of aromatic nitrogens is 2. The number of aryl methyl sites for hydroxylation is 1. The summed E-state index contributed by atoms with van der Waals surface area (Å²) < 4.78 is 11.2. The number of amides is 1. The summed E-state index contributed by atoms with van der Waals surface area (Å²) in [5, 5.41) is 0. The Bertz CT molecular complexity index is 887. The first-order valence-corrected chi connectivity index (χ1v) is 10.0. The van der Waals surface area contributed by atoms with Crippen LogP contribution in [0.15, 0.2) is 18.2 Å². The molecule has 8 nitrogen and oxygen atoms in total. The number of nitrogens with two attached hydrogens (primary N) is 2. The number of hydrogen-bond donors (Lipinski definition) is 2. The summed E-state index contributed by atoms with van der Waals surface area (Å²) in [6.07, 6.45) is 2.48. The molecule has 29 heavy (non-hydrogen) atoms. The molecule has 8 heteroatoms. The molecule has 0 aliphatic carbocycles. The summed E-state index contributed by atoms with van der Waals surface area (Å²) in [6.45, 7) is 5.17. The van der Waals surface area contributed by atoms with Crippen molar-refractivity contribution in [2.24, 2.45) is 0 Å². The number of benzene rings is 1. The molecule has 1 amide bonds. The van der Waals surface area contributed by atoms with Gasteiger partial charge in [0.25, 0.3) is 5.91 Å². The standard InChI is InChI=1S/C21H29N5O3/c1-4-7-17-20(27)26(10-6-11-28-3)15-12-13(8-9-16(15)29-17)18-14(5-2)24-21(23)25-19(18)22/h8-9,12,17H,4-7,10-11H2,1-3H3,(H4,22,23,24,25). The van der Waals surface area contributed by atoms with Crippen LogP contribution in [-0.2, 0) is 16.0 Å². The van der Waals surface area contributed by atoms with E-state index in [9.17, 15) is 4.79 Å². The van der Waals surface area contributed by atoms with Crippen molar-refractivity contribution in [3.63, 3.8) is 0 Å². The smallest absolute Gasteiger partial charge is 0.268 e. The van der Waals surface area contributed by atoms with Crippen molar-refractivity contribution in [2.75, 3.05) is 36.6 Å². The summed E-state index contributed by atoms with van der Waals surface area (Å²) in [5.41, 5.74) is 15.0. The molecule has 3 rings (SSSR count). The molecule has 1 unspecified atom stereocenters. The molecule has 1 aliphatic heterocycles. The highest BCUT2D eigenvalue weighted by atomic mass is 16.5. The maximum Gasteiger partial charge on any atom is 0.268 e. The molecule has 4 N–H and O–H groups in total. The van der Waals surface area contributed by atoms with Gasteiger partial charge in [-0.05, 0) is 37.0 Å². The predicted molar refractivity (Wildman–Crippen MR) is 114 cm³/mol. The van der Waals surface area contributed by atoms with Crippen molar-refractivity contribution in [3.05, 3.63) is 23.9 Å². The maximum atomic E-state index is 13.0. The Hall–Kier alpha value is -2.87. The highest BCUT2D eigenvalue weighted by molar-refractivity contribution is 6.01. The van der Waals surface area contributed by atoms with Gasteiger partial charge in [-0.25, -0.2) is 4.98 Å². The van der Waals surface area contributed by atoms with Gasteiger partial charge < -0.3 is 25.8 Å². The van der Waals surface area contributed by atoms with Gasteiger partial charge in [0.15, 0.2) is 6.10 Å². The zero-order chi connectivity index (χ0) is 21.0. The van der Waals surface area contributed by atoms with Crippen LogP contribution in [0.5, 0.6) is 5.75 Å². The summed E-state index contributed by atoms with van der Waals surface area (Å²) in [4.78, 5) is 23.3. The lowest BCUT2D eigenvalue weighted by Crippen LogP contribution is -2.46. The van der Waals surface area contributed by atoms with Crippen LogP contribution >= 0.6 is 0 Å². The topological polar surface area (TPSA) is 117 Å². The van der Waals surface area contributed by atoms with E-state index in [1.54, 1.807) is 12.0 Å². The zero-order valence-corrected chi connectivity index (χ0v) is 17.3. The van der Waals surface area contributed by atoms with Crippen molar-refractivity contribution in [2.45, 2.75) is 45.6 Å². The maximum absolute atomic E-state index is 13.0. The molecule has 0 saturated heterocycles. The monoisotopic (exact) mass is 399 g/mol. The Morgan fingerprint density at radius 2 is 2.03 bits per heavy atom. The van der Waals surface area contributed by atoms with Crippen LogP contribution in [0.1, 0.15) is 38.8 Å². The Morgan fingerprint density at radius 3 is 2.72 bits per heavy atom. The van der Waals surface area contributed by atoms with E-state index in [1.807, 2.05) is 32.0 Å². The number of rotatable bonds is 8. The van der Waals surface area contributed by atoms with Crippen molar-refractivity contribution in [1.82, 2.24) is 9.97 Å². The van der Waals surface area contributed by atoms with E-state index in [2.05, 4.69) is 9.97 Å². The van der Waals surface area contributed by atoms with Crippen LogP contribution in [0.2, 0.25) is 0 Å². The average molecular weight is 399 g/mol. The molecule has 1 aliphatic rings. The third kappa shape index (κ3) is 4.27. The Balaban J connectivity index is 2.05. The van der Waals surface area contributed by atoms with Gasteiger partial charge in [-0.1, -0.05) is 26.3 Å². The normalized spacial score (nSPS) is 15.9. The first-order chi connectivity index (χ1) is 14.0. The second kappa shape index (κ2) is 9.09. The predicted octanol–water partition coefficient (Wildman–Crippen LogP) is 2.80. The number of nitrogens with zero attached hydrogens (tertiary/aromatic N) is 3. The van der Waals surface area contributed by atoms with Crippen molar-refractivity contribution in [1.29, 1.82) is 0 Å². The molecule has 2 aromatic rings. The fourth-order valence-corrected chi connectivity index (χ4v) is 3.64. The minimum atomic E-state index is -0.461. The number of anilines is 3. The van der Waals surface area contributed by atoms with Gasteiger partial charge >= 0.3 is 0 Å². The van der Waals surface area contributed by atoms with Crippen LogP contribution in [0.25, 0.3) is 11.1 Å². The van der Waals surface area contributed by atoms with Gasteiger partial charge in [0, 0.05) is 25.8 Å². The van der Waals surface area contributed by atoms with E-state index in [1.165, 1.54) is 0 Å². The summed E-state index contributed by atoms with van der Waals surface area (Å²) >= 11 is 0. The fourth-order valence-electron chi connectivity index (χ4n) is 3.64. The lowest BCUT2D eigenvalue weighted by molar-refractivity contribution is -0.126. The van der Waals surface area contributed by atoms with Crippen LogP contribution in [0.3, 0.4) is 0 Å². The Morgan fingerprint density at radius 1 is 1.24 bits per heavy atom. The minimum absolute atomic E-state index is 0.0233. The number of nitrogen functional groups attached to an aromatic ring is 2. The molecule has 0 fully saturated rings. The lowest BCUT2D eigenvalue weighted by atomic mass is 10.00. The molecular weight excluding hydrogens is 370 g/mol. The number of hydrogen-bond acceptors (Lipinski definition) is 7. The van der Waals surface area contributed by atoms with E-state index < -0.39 is 6.10 Å². The van der Waals surface area contributed by atoms with E-state index in [-0.39, 0.29) is 11.9 Å². The van der Waals surface area contributed by atoms with Crippen molar-refractivity contribution < 1.29 is 14.3 Å². The number of carbonyl (C=O) groups excluding carboxylic acids is 1. The molecule has 2 heterocycles. The number of fused-ring (bicyclic) bond motifs is 1. The third-order valence-electron chi connectivity index (χ3n) is 4.99. The first-order valence-electron chi connectivity index (χ1n) is 10.0. The molecular formula is C21H29N5O3. The fraction of sp³-hybridized carbons (Fsp3) is 0.476. The minimum Gasteiger partial charge on any atom is -0.478 e. The van der Waals surface area contributed by atoms with Gasteiger partial charge in [-0.2, -0.15) is 4.98 Å². The van der Waals surface area contributed by atoms with Gasteiger partial charge in [-0.3, -0.25) is 4.79 Å². The molecule has 1 aromatic carbocycles. The molecule has 156 valence electrons. The zero-order valence-electron chi connectivity index (χ0n) is 17.3. The van der Waals surface area contributed by atoms with Gasteiger partial charge in [0.05, 0.1) is 11.4 Å². The summed E-state index contributed by atoms with van der Waals surface area (Å²) in [6, 6.07) is 5.74. The highest BCUT2D eigenvalue weighted by Gasteiger charge is 2.34. The van der Waals surface area contributed by atoms with Crippen molar-refractivity contribution >= 4 is 23.4 Å². The van der Waals surface area contributed by atoms with E-state index >= 15 is 0 Å². The molecule has 0 radical (unpaired) electrons. The lowest BCUT2D eigenvalue weighted by Gasteiger charge is -2.35. The summed E-state index contributed by atoms with van der Waals surface area (Å²) in [7, 11) is 1.66. The van der Waals surface area contributed by atoms with Gasteiger partial charge in [-0.15, -0.1) is 0 Å². The summed E-state index contributed by atoms with van der Waals surface area (Å²) in [5.74, 6) is 1.15. The molecule has 1 atom stereocenters. The van der Waals surface area contributed by atoms with E-state index in [0.29, 0.717) is 37.6 Å². The van der Waals surface area contributed by atoms with Crippen LogP contribution < -0.4 is 21.1 Å².